The van der Waals surface area contributed by atoms with E-state index in [0.717, 1.165) is 19.3 Å². The molecule has 1 aliphatic rings. The Kier molecular flexibility index (Phi) is 7.31. The Morgan fingerprint density at radius 1 is 1.03 bits per heavy atom. The first-order valence-electron chi connectivity index (χ1n) is 11.0. The highest BCUT2D eigenvalue weighted by Crippen LogP contribution is 2.53. The van der Waals surface area contributed by atoms with Gasteiger partial charge in [-0.1, -0.05) is 94.8 Å². The second-order valence-electron chi connectivity index (χ2n) is 9.64. The van der Waals surface area contributed by atoms with Crippen molar-refractivity contribution in [2.75, 3.05) is 13.0 Å². The Morgan fingerprint density at radius 2 is 1.55 bits per heavy atom. The normalized spacial score (nSPS) is 21.8. The molecule has 1 aliphatic carbocycles. The summed E-state index contributed by atoms with van der Waals surface area (Å²) in [6, 6.07) is 20.8. The molecule has 2 aromatic carbocycles. The summed E-state index contributed by atoms with van der Waals surface area (Å²) in [5, 5.41) is 2.22. The summed E-state index contributed by atoms with van der Waals surface area (Å²) in [5.41, 5.74) is -0.621. The predicted octanol–water partition coefficient (Wildman–Crippen LogP) is 4.27. The molecule has 1 saturated carbocycles. The number of hydrogen-bond donors (Lipinski definition) is 2. The highest BCUT2D eigenvalue weighted by Gasteiger charge is 2.59. The Morgan fingerprint density at radius 3 is 1.97 bits per heavy atom. The van der Waals surface area contributed by atoms with Crippen LogP contribution in [-0.4, -0.2) is 36.7 Å². The minimum atomic E-state index is -4.25. The van der Waals surface area contributed by atoms with E-state index in [9.17, 15) is 14.4 Å². The van der Waals surface area contributed by atoms with Gasteiger partial charge in [0.25, 0.3) is 8.32 Å². The maximum absolute atomic E-state index is 11.5. The molecule has 0 bridgehead atoms. The Labute approximate surface area is 187 Å². The molecule has 0 aliphatic heterocycles. The largest absolute Gasteiger partial charge is 0.404 e. The van der Waals surface area contributed by atoms with Gasteiger partial charge in [0.15, 0.2) is 0 Å². The molecule has 2 atom stereocenters. The fraction of sp³-hybridized carbons (Fsp3) is 0.500. The van der Waals surface area contributed by atoms with Gasteiger partial charge in [-0.05, 0) is 34.2 Å². The van der Waals surface area contributed by atoms with E-state index in [4.69, 9.17) is 9.16 Å². The van der Waals surface area contributed by atoms with Gasteiger partial charge in [-0.2, -0.15) is 0 Å². The summed E-state index contributed by atoms with van der Waals surface area (Å²) in [5.74, 6) is 0.266. The summed E-state index contributed by atoms with van der Waals surface area (Å²) in [6.07, 6.45) is 2.19. The Balaban J connectivity index is 1.99. The molecule has 3 rings (SSSR count). The van der Waals surface area contributed by atoms with Gasteiger partial charge in [0.05, 0.1) is 12.2 Å². The van der Waals surface area contributed by atoms with Crippen molar-refractivity contribution in [2.24, 2.45) is 5.92 Å². The van der Waals surface area contributed by atoms with Crippen molar-refractivity contribution in [3.05, 3.63) is 60.7 Å². The third-order valence-corrected chi connectivity index (χ3v) is 11.7. The first-order chi connectivity index (χ1) is 14.5. The molecule has 0 radical (unpaired) electrons. The van der Waals surface area contributed by atoms with E-state index >= 15 is 0 Å². The number of hydrogen-bond acceptors (Lipinski definition) is 3. The summed E-state index contributed by atoms with van der Waals surface area (Å²) >= 11 is 0. The second-order valence-corrected chi connectivity index (χ2v) is 15.5. The van der Waals surface area contributed by atoms with Crippen molar-refractivity contribution in [3.63, 3.8) is 0 Å². The van der Waals surface area contributed by atoms with Crippen LogP contribution >= 0.6 is 7.60 Å². The molecular formula is C24H35O5PSi. The molecule has 7 heteroatoms. The third-order valence-electron chi connectivity index (χ3n) is 6.28. The second kappa shape index (κ2) is 9.30. The van der Waals surface area contributed by atoms with Crippen LogP contribution < -0.4 is 10.4 Å². The van der Waals surface area contributed by atoms with E-state index in [-0.39, 0.29) is 11.0 Å². The van der Waals surface area contributed by atoms with Crippen molar-refractivity contribution in [2.45, 2.75) is 57.6 Å². The molecule has 1 fully saturated rings. The minimum absolute atomic E-state index is 0.157. The Hall–Kier alpha value is -1.27. The molecule has 2 aromatic rings. The van der Waals surface area contributed by atoms with Crippen LogP contribution in [0.25, 0.3) is 0 Å². The van der Waals surface area contributed by atoms with Gasteiger partial charge in [0.1, 0.15) is 6.35 Å². The zero-order valence-corrected chi connectivity index (χ0v) is 20.8. The molecule has 0 saturated heterocycles. The predicted molar refractivity (Wildman–Crippen MR) is 127 cm³/mol. The third kappa shape index (κ3) is 5.39. The first-order valence-corrected chi connectivity index (χ1v) is 14.7. The standard InChI is InChI=1S/C24H35O5PSi/c1-5-12-20-17-24(20,28-19-30(25,26)27)18-29-31(23(2,3)4,21-13-8-6-9-14-21)22-15-10-7-11-16-22/h6-11,13-16,20H,5,12,17-19H2,1-4H3,(H2,25,26,27). The van der Waals surface area contributed by atoms with Crippen LogP contribution in [0.4, 0.5) is 0 Å². The minimum Gasteiger partial charge on any atom is -0.404 e. The van der Waals surface area contributed by atoms with E-state index < -0.39 is 27.9 Å². The smallest absolute Gasteiger partial charge is 0.351 e. The highest BCUT2D eigenvalue weighted by molar-refractivity contribution is 7.51. The monoisotopic (exact) mass is 462 g/mol. The van der Waals surface area contributed by atoms with Gasteiger partial charge in [0.2, 0.25) is 0 Å². The molecule has 170 valence electrons. The summed E-state index contributed by atoms with van der Waals surface area (Å²) in [4.78, 5) is 18.8. The molecular weight excluding hydrogens is 427 g/mol. The maximum atomic E-state index is 11.5. The Bertz CT molecular complexity index is 854. The number of benzene rings is 2. The molecule has 0 spiro atoms. The van der Waals surface area contributed by atoms with Crippen LogP contribution in [0, 0.1) is 5.92 Å². The summed E-state index contributed by atoms with van der Waals surface area (Å²) in [6.45, 7) is 9.12. The molecule has 0 amide bonds. The van der Waals surface area contributed by atoms with Crippen molar-refractivity contribution < 1.29 is 23.5 Å². The van der Waals surface area contributed by atoms with Crippen LogP contribution in [0.15, 0.2) is 60.7 Å². The summed E-state index contributed by atoms with van der Waals surface area (Å²) in [7, 11) is -6.97. The van der Waals surface area contributed by atoms with Crippen LogP contribution in [-0.2, 0) is 13.7 Å². The van der Waals surface area contributed by atoms with Crippen molar-refractivity contribution in [1.29, 1.82) is 0 Å². The number of rotatable bonds is 10. The van der Waals surface area contributed by atoms with Gasteiger partial charge >= 0.3 is 7.60 Å². The average molecular weight is 463 g/mol. The van der Waals surface area contributed by atoms with Crippen LogP contribution in [0.5, 0.6) is 0 Å². The lowest BCUT2D eigenvalue weighted by Crippen LogP contribution is -2.67. The quantitative estimate of drug-likeness (QED) is 0.407. The van der Waals surface area contributed by atoms with Gasteiger partial charge in [0, 0.05) is 0 Å². The van der Waals surface area contributed by atoms with Gasteiger partial charge in [-0.3, -0.25) is 4.57 Å². The summed E-state index contributed by atoms with van der Waals surface area (Å²) < 4.78 is 24.4. The molecule has 2 unspecified atom stereocenters. The van der Waals surface area contributed by atoms with Gasteiger partial charge in [-0.15, -0.1) is 0 Å². The first kappa shape index (κ1) is 24.4. The van der Waals surface area contributed by atoms with Crippen molar-refractivity contribution in [3.8, 4) is 0 Å². The maximum Gasteiger partial charge on any atom is 0.351 e. The molecule has 0 aromatic heterocycles. The fourth-order valence-corrected chi connectivity index (χ4v) is 9.71. The SMILES string of the molecule is CCCC1CC1(CO[Si](c1ccccc1)(c1ccccc1)C(C)(C)C)OCP(=O)(O)O. The lowest BCUT2D eigenvalue weighted by atomic mass is 10.2. The molecule has 5 nitrogen and oxygen atoms in total. The van der Waals surface area contributed by atoms with E-state index in [0.29, 0.717) is 6.61 Å². The number of ether oxygens (including phenoxy) is 1. The van der Waals surface area contributed by atoms with Crippen molar-refractivity contribution in [1.82, 2.24) is 0 Å². The van der Waals surface area contributed by atoms with E-state index in [2.05, 4.69) is 52.0 Å². The van der Waals surface area contributed by atoms with Crippen LogP contribution in [0.2, 0.25) is 5.04 Å². The van der Waals surface area contributed by atoms with E-state index in [1.165, 1.54) is 10.4 Å². The molecule has 2 N–H and O–H groups in total. The van der Waals surface area contributed by atoms with E-state index in [1.54, 1.807) is 0 Å². The highest BCUT2D eigenvalue weighted by atomic mass is 31.2. The lowest BCUT2D eigenvalue weighted by Gasteiger charge is -2.44. The van der Waals surface area contributed by atoms with Crippen LogP contribution in [0.3, 0.4) is 0 Å². The fourth-order valence-electron chi connectivity index (χ4n) is 4.67. The van der Waals surface area contributed by atoms with Crippen molar-refractivity contribution >= 4 is 26.3 Å². The van der Waals surface area contributed by atoms with Gasteiger partial charge < -0.3 is 18.9 Å². The lowest BCUT2D eigenvalue weighted by molar-refractivity contribution is 0.00217. The zero-order chi connectivity index (χ0) is 22.8. The average Bonchev–Trinajstić information content (AvgIpc) is 3.40. The zero-order valence-electron chi connectivity index (χ0n) is 19.0. The molecule has 31 heavy (non-hydrogen) atoms. The van der Waals surface area contributed by atoms with Crippen LogP contribution in [0.1, 0.15) is 47.0 Å². The molecule has 0 heterocycles. The topological polar surface area (TPSA) is 76.0 Å². The van der Waals surface area contributed by atoms with E-state index in [1.807, 2.05) is 36.4 Å². The van der Waals surface area contributed by atoms with Gasteiger partial charge in [-0.25, -0.2) is 0 Å².